The summed E-state index contributed by atoms with van der Waals surface area (Å²) >= 11 is 1.27. The number of hydrogen-bond donors (Lipinski definition) is 2. The predicted molar refractivity (Wildman–Crippen MR) is 169 cm³/mol. The SMILES string of the molecule is COc1ccc(CCNC(=O)CSc2nc3ccccc3c(=O)n2CC2CCC(C(=O)NCc3ccco3)CC2)cc1OC. The Hall–Kier alpha value is -4.25. The monoisotopic (exact) mass is 618 g/mol. The zero-order valence-electron chi connectivity index (χ0n) is 25.0. The van der Waals surface area contributed by atoms with Crippen LogP contribution in [0.5, 0.6) is 11.5 Å². The van der Waals surface area contributed by atoms with E-state index in [1.165, 1.54) is 11.8 Å². The Morgan fingerprint density at radius 1 is 1.00 bits per heavy atom. The number of methoxy groups -OCH3 is 2. The maximum Gasteiger partial charge on any atom is 0.262 e. The fourth-order valence-electron chi connectivity index (χ4n) is 5.58. The van der Waals surface area contributed by atoms with Crippen molar-refractivity contribution < 1.29 is 23.5 Å². The van der Waals surface area contributed by atoms with Crippen LogP contribution in [-0.4, -0.2) is 47.9 Å². The third kappa shape index (κ3) is 7.82. The number of aromatic nitrogens is 2. The van der Waals surface area contributed by atoms with Gasteiger partial charge in [-0.2, -0.15) is 0 Å². The van der Waals surface area contributed by atoms with Crippen molar-refractivity contribution in [2.24, 2.45) is 11.8 Å². The number of carbonyl (C=O) groups excluding carboxylic acids is 2. The number of para-hydroxylation sites is 1. The van der Waals surface area contributed by atoms with Gasteiger partial charge in [0.05, 0.1) is 43.7 Å². The van der Waals surface area contributed by atoms with E-state index >= 15 is 0 Å². The van der Waals surface area contributed by atoms with Gasteiger partial charge >= 0.3 is 0 Å². The molecular formula is C33H38N4O6S. The lowest BCUT2D eigenvalue weighted by Gasteiger charge is -2.28. The zero-order valence-corrected chi connectivity index (χ0v) is 25.9. The third-order valence-electron chi connectivity index (χ3n) is 8.02. The number of nitrogens with zero attached hydrogens (tertiary/aromatic N) is 2. The molecular weight excluding hydrogens is 580 g/mol. The summed E-state index contributed by atoms with van der Waals surface area (Å²) in [6.07, 6.45) is 5.42. The molecule has 2 amide bonds. The van der Waals surface area contributed by atoms with E-state index in [-0.39, 0.29) is 35.0 Å². The molecule has 0 unspecified atom stereocenters. The number of hydrogen-bond acceptors (Lipinski definition) is 8. The van der Waals surface area contributed by atoms with E-state index in [2.05, 4.69) is 10.6 Å². The molecule has 2 N–H and O–H groups in total. The van der Waals surface area contributed by atoms with Crippen molar-refractivity contribution in [3.8, 4) is 11.5 Å². The Morgan fingerprint density at radius 3 is 2.55 bits per heavy atom. The molecule has 1 aliphatic rings. The van der Waals surface area contributed by atoms with Crippen LogP contribution in [0.1, 0.15) is 37.0 Å². The lowest BCUT2D eigenvalue weighted by atomic mass is 9.81. The second kappa shape index (κ2) is 15.0. The minimum Gasteiger partial charge on any atom is -0.493 e. The molecule has 11 heteroatoms. The first-order chi connectivity index (χ1) is 21.4. The molecule has 2 aromatic carbocycles. The van der Waals surface area contributed by atoms with Crippen molar-refractivity contribution in [1.29, 1.82) is 0 Å². The Morgan fingerprint density at radius 2 is 1.80 bits per heavy atom. The Kier molecular flexibility index (Phi) is 10.6. The van der Waals surface area contributed by atoms with Crippen LogP contribution in [0, 0.1) is 11.8 Å². The highest BCUT2D eigenvalue weighted by Crippen LogP contribution is 2.31. The van der Waals surface area contributed by atoms with Crippen LogP contribution in [0.4, 0.5) is 0 Å². The first-order valence-corrected chi connectivity index (χ1v) is 15.8. The number of rotatable bonds is 13. The molecule has 0 spiro atoms. The summed E-state index contributed by atoms with van der Waals surface area (Å²) < 4.78 is 17.7. The van der Waals surface area contributed by atoms with Crippen molar-refractivity contribution in [1.82, 2.24) is 20.2 Å². The van der Waals surface area contributed by atoms with E-state index in [4.69, 9.17) is 18.9 Å². The molecule has 0 saturated heterocycles. The molecule has 0 atom stereocenters. The van der Waals surface area contributed by atoms with E-state index in [9.17, 15) is 14.4 Å². The van der Waals surface area contributed by atoms with Gasteiger partial charge in [-0.1, -0.05) is 30.0 Å². The summed E-state index contributed by atoms with van der Waals surface area (Å²) in [7, 11) is 3.19. The van der Waals surface area contributed by atoms with Crippen molar-refractivity contribution >= 4 is 34.5 Å². The number of fused-ring (bicyclic) bond motifs is 1. The Labute approximate surface area is 260 Å². The maximum absolute atomic E-state index is 13.6. The second-order valence-electron chi connectivity index (χ2n) is 10.9. The molecule has 4 aromatic rings. The molecule has 0 aliphatic heterocycles. The van der Waals surface area contributed by atoms with Gasteiger partial charge in [-0.05, 0) is 80.0 Å². The van der Waals surface area contributed by atoms with Gasteiger partial charge in [0.15, 0.2) is 16.7 Å². The average Bonchev–Trinajstić information content (AvgIpc) is 3.58. The molecule has 5 rings (SSSR count). The first kappa shape index (κ1) is 31.2. The summed E-state index contributed by atoms with van der Waals surface area (Å²) in [5, 5.41) is 7.02. The highest BCUT2D eigenvalue weighted by atomic mass is 32.2. The van der Waals surface area contributed by atoms with Crippen LogP contribution < -0.4 is 25.7 Å². The number of nitrogens with one attached hydrogen (secondary N) is 2. The molecule has 0 bridgehead atoms. The highest BCUT2D eigenvalue weighted by molar-refractivity contribution is 7.99. The molecule has 2 aromatic heterocycles. The van der Waals surface area contributed by atoms with E-state index in [1.54, 1.807) is 37.2 Å². The summed E-state index contributed by atoms with van der Waals surface area (Å²) in [5.74, 6) is 2.26. The van der Waals surface area contributed by atoms with Crippen LogP contribution in [0.25, 0.3) is 10.9 Å². The largest absolute Gasteiger partial charge is 0.493 e. The van der Waals surface area contributed by atoms with Gasteiger partial charge in [-0.15, -0.1) is 0 Å². The van der Waals surface area contributed by atoms with Crippen LogP contribution in [0.3, 0.4) is 0 Å². The van der Waals surface area contributed by atoms with E-state index in [1.807, 2.05) is 42.5 Å². The smallest absolute Gasteiger partial charge is 0.262 e. The first-order valence-electron chi connectivity index (χ1n) is 14.8. The van der Waals surface area contributed by atoms with Crippen LogP contribution in [-0.2, 0) is 29.1 Å². The summed E-state index contributed by atoms with van der Waals surface area (Å²) in [5.41, 5.74) is 1.53. The lowest BCUT2D eigenvalue weighted by molar-refractivity contribution is -0.126. The second-order valence-corrected chi connectivity index (χ2v) is 11.9. The van der Waals surface area contributed by atoms with Crippen LogP contribution in [0.15, 0.2) is 75.2 Å². The van der Waals surface area contributed by atoms with E-state index in [0.717, 1.165) is 37.0 Å². The minimum absolute atomic E-state index is 0.0396. The van der Waals surface area contributed by atoms with E-state index < -0.39 is 0 Å². The third-order valence-corrected chi connectivity index (χ3v) is 8.99. The average molecular weight is 619 g/mol. The number of ether oxygens (including phenoxy) is 2. The Balaban J connectivity index is 1.18. The number of thioether (sulfide) groups is 1. The molecule has 232 valence electrons. The number of furan rings is 1. The fraction of sp³-hybridized carbons (Fsp3) is 0.394. The van der Waals surface area contributed by atoms with Crippen molar-refractivity contribution in [2.75, 3.05) is 26.5 Å². The molecule has 1 fully saturated rings. The minimum atomic E-state index is -0.134. The lowest BCUT2D eigenvalue weighted by Crippen LogP contribution is -2.34. The molecule has 1 aliphatic carbocycles. The van der Waals surface area contributed by atoms with E-state index in [0.29, 0.717) is 53.6 Å². The normalized spacial score (nSPS) is 16.4. The van der Waals surface area contributed by atoms with Crippen LogP contribution >= 0.6 is 11.8 Å². The van der Waals surface area contributed by atoms with Crippen molar-refractivity contribution in [3.05, 3.63) is 82.5 Å². The summed E-state index contributed by atoms with van der Waals surface area (Å²) in [4.78, 5) is 43.8. The van der Waals surface area contributed by atoms with Crippen molar-refractivity contribution in [2.45, 2.75) is 50.4 Å². The molecule has 1 saturated carbocycles. The molecule has 44 heavy (non-hydrogen) atoms. The Bertz CT molecular complexity index is 1630. The van der Waals surface area contributed by atoms with Gasteiger partial charge < -0.3 is 24.5 Å². The van der Waals surface area contributed by atoms with Gasteiger partial charge in [-0.3, -0.25) is 19.0 Å². The van der Waals surface area contributed by atoms with Gasteiger partial charge in [0, 0.05) is 19.0 Å². The zero-order chi connectivity index (χ0) is 30.9. The fourth-order valence-corrected chi connectivity index (χ4v) is 6.42. The summed E-state index contributed by atoms with van der Waals surface area (Å²) in [6, 6.07) is 16.6. The number of amides is 2. The molecule has 0 radical (unpaired) electrons. The standard InChI is InChI=1S/C33H38N4O6S/c1-41-28-14-11-22(18-29(28)42-2)15-16-34-30(38)21-44-33-36-27-8-4-3-7-26(27)32(40)37(33)20-23-9-12-24(13-10-23)31(39)35-19-25-6-5-17-43-25/h3-8,11,14,17-18,23-24H,9-10,12-13,15-16,19-21H2,1-2H3,(H,34,38)(H,35,39). The molecule has 2 heterocycles. The molecule has 10 nitrogen and oxygen atoms in total. The highest BCUT2D eigenvalue weighted by Gasteiger charge is 2.27. The van der Waals surface area contributed by atoms with Gasteiger partial charge in [0.1, 0.15) is 5.76 Å². The number of carbonyl (C=O) groups is 2. The number of benzene rings is 2. The van der Waals surface area contributed by atoms with Gasteiger partial charge in [-0.25, -0.2) is 4.98 Å². The summed E-state index contributed by atoms with van der Waals surface area (Å²) in [6.45, 7) is 1.35. The topological polar surface area (TPSA) is 125 Å². The van der Waals surface area contributed by atoms with Crippen molar-refractivity contribution in [3.63, 3.8) is 0 Å². The maximum atomic E-state index is 13.6. The van der Waals surface area contributed by atoms with Crippen LogP contribution in [0.2, 0.25) is 0 Å². The quantitative estimate of drug-likeness (QED) is 0.165. The van der Waals surface area contributed by atoms with Gasteiger partial charge in [0.2, 0.25) is 11.8 Å². The predicted octanol–water partition coefficient (Wildman–Crippen LogP) is 4.58. The van der Waals surface area contributed by atoms with Gasteiger partial charge in [0.25, 0.3) is 5.56 Å².